The molecule has 0 aliphatic carbocycles. The Kier molecular flexibility index (Phi) is 3.75. The third-order valence-corrected chi connectivity index (χ3v) is 2.52. The summed E-state index contributed by atoms with van der Waals surface area (Å²) in [5.41, 5.74) is 1.87. The van der Waals surface area contributed by atoms with Crippen molar-refractivity contribution in [2.75, 3.05) is 0 Å². The van der Waals surface area contributed by atoms with Crippen LogP contribution in [0, 0.1) is 0 Å². The highest BCUT2D eigenvalue weighted by molar-refractivity contribution is 9.09. The van der Waals surface area contributed by atoms with Crippen LogP contribution in [0.25, 0.3) is 0 Å². The number of hydrogen-bond acceptors (Lipinski definition) is 2. The third-order valence-electron chi connectivity index (χ3n) is 1.70. The molecule has 1 unspecified atom stereocenters. The molecule has 0 radical (unpaired) electrons. The van der Waals surface area contributed by atoms with Crippen LogP contribution in [0.3, 0.4) is 0 Å². The van der Waals surface area contributed by atoms with Gasteiger partial charge in [-0.2, -0.15) is 0 Å². The predicted molar refractivity (Wildman–Crippen MR) is 58.0 cm³/mol. The summed E-state index contributed by atoms with van der Waals surface area (Å²) in [5.74, 6) is 0. The Labute approximate surface area is 90.3 Å². The number of benzene rings is 1. The molecule has 0 bridgehead atoms. The highest BCUT2D eigenvalue weighted by Crippen LogP contribution is 2.21. The Morgan fingerprint density at radius 2 is 2.00 bits per heavy atom. The molecule has 0 saturated heterocycles. The highest BCUT2D eigenvalue weighted by Gasteiger charge is 2.02. The maximum atomic E-state index is 8.41. The van der Waals surface area contributed by atoms with Gasteiger partial charge in [-0.1, -0.05) is 57.0 Å². The number of oxime groups is 1. The quantitative estimate of drug-likeness (QED) is 0.376. The van der Waals surface area contributed by atoms with Crippen molar-refractivity contribution in [2.45, 2.75) is 11.8 Å². The fraction of sp³-hybridized carbons (Fsp3) is 0.222. The van der Waals surface area contributed by atoms with E-state index < -0.39 is 0 Å². The van der Waals surface area contributed by atoms with Gasteiger partial charge in [-0.05, 0) is 12.5 Å². The van der Waals surface area contributed by atoms with Crippen LogP contribution in [-0.4, -0.2) is 10.4 Å². The summed E-state index contributed by atoms with van der Waals surface area (Å²) < 4.78 is 0. The van der Waals surface area contributed by atoms with Gasteiger partial charge in [0.25, 0.3) is 0 Å². The molecule has 1 rings (SSSR count). The van der Waals surface area contributed by atoms with Gasteiger partial charge in [0.2, 0.25) is 0 Å². The van der Waals surface area contributed by atoms with Gasteiger partial charge >= 0.3 is 0 Å². The Balaban J connectivity index is 2.94. The van der Waals surface area contributed by atoms with Crippen LogP contribution in [0.5, 0.6) is 0 Å². The van der Waals surface area contributed by atoms with Gasteiger partial charge in [0.05, 0.1) is 0 Å². The van der Waals surface area contributed by atoms with E-state index in [-0.39, 0.29) is 5.17 Å². The lowest BCUT2D eigenvalue weighted by molar-refractivity contribution is 0.321. The summed E-state index contributed by atoms with van der Waals surface area (Å²) in [6.45, 7) is 2.04. The average Bonchev–Trinajstić information content (AvgIpc) is 2.17. The molecular weight excluding hydrogens is 253 g/mol. The molecule has 0 saturated carbocycles. The molecular formula is C9H9BrClNO. The zero-order valence-electron chi connectivity index (χ0n) is 7.04. The first-order valence-corrected chi connectivity index (χ1v) is 5.06. The fourth-order valence-corrected chi connectivity index (χ4v) is 1.37. The maximum Gasteiger partial charge on any atom is 0.175 e. The Hall–Kier alpha value is -0.540. The van der Waals surface area contributed by atoms with E-state index in [1.165, 1.54) is 0 Å². The van der Waals surface area contributed by atoms with Crippen LogP contribution in [0.2, 0.25) is 0 Å². The van der Waals surface area contributed by atoms with E-state index in [0.717, 1.165) is 5.56 Å². The summed E-state index contributed by atoms with van der Waals surface area (Å²) in [7, 11) is 0. The van der Waals surface area contributed by atoms with E-state index in [4.69, 9.17) is 16.8 Å². The van der Waals surface area contributed by atoms with Crippen LogP contribution < -0.4 is 0 Å². The minimum Gasteiger partial charge on any atom is -0.410 e. The summed E-state index contributed by atoms with van der Waals surface area (Å²) in [5, 5.41) is 11.4. The van der Waals surface area contributed by atoms with Crippen molar-refractivity contribution in [3.05, 3.63) is 35.4 Å². The lowest BCUT2D eigenvalue weighted by Crippen LogP contribution is -1.91. The van der Waals surface area contributed by atoms with Crippen molar-refractivity contribution in [3.8, 4) is 0 Å². The summed E-state index contributed by atoms with van der Waals surface area (Å²) in [4.78, 5) is 0.311. The first-order valence-electron chi connectivity index (χ1n) is 3.77. The average molecular weight is 263 g/mol. The van der Waals surface area contributed by atoms with E-state index in [0.29, 0.717) is 10.4 Å². The van der Waals surface area contributed by atoms with Gasteiger partial charge in [-0.15, -0.1) is 0 Å². The Bertz CT molecular complexity index is 308. The van der Waals surface area contributed by atoms with Crippen LogP contribution in [0.1, 0.15) is 22.9 Å². The largest absolute Gasteiger partial charge is 0.410 e. The third kappa shape index (κ3) is 2.71. The molecule has 0 amide bonds. The van der Waals surface area contributed by atoms with E-state index in [1.807, 2.05) is 31.2 Å². The summed E-state index contributed by atoms with van der Waals surface area (Å²) in [6.07, 6.45) is 0. The van der Waals surface area contributed by atoms with E-state index in [2.05, 4.69) is 21.1 Å². The van der Waals surface area contributed by atoms with E-state index in [1.54, 1.807) is 0 Å². The van der Waals surface area contributed by atoms with E-state index in [9.17, 15) is 0 Å². The Morgan fingerprint density at radius 1 is 1.46 bits per heavy atom. The van der Waals surface area contributed by atoms with Crippen molar-refractivity contribution in [2.24, 2.45) is 5.16 Å². The monoisotopic (exact) mass is 261 g/mol. The van der Waals surface area contributed by atoms with Gasteiger partial charge < -0.3 is 5.21 Å². The number of alkyl halides is 1. The van der Waals surface area contributed by atoms with Crippen LogP contribution in [0.15, 0.2) is 29.4 Å². The second-order valence-electron chi connectivity index (χ2n) is 2.63. The smallest absolute Gasteiger partial charge is 0.175 e. The predicted octanol–water partition coefficient (Wildman–Crippen LogP) is 3.52. The van der Waals surface area contributed by atoms with Crippen molar-refractivity contribution < 1.29 is 5.21 Å². The normalized spacial score (nSPS) is 14.2. The lowest BCUT2D eigenvalue weighted by atomic mass is 10.1. The lowest BCUT2D eigenvalue weighted by Gasteiger charge is -2.03. The first-order chi connectivity index (χ1) is 6.15. The topological polar surface area (TPSA) is 32.6 Å². The molecule has 1 aromatic rings. The number of hydrogen-bond donors (Lipinski definition) is 1. The molecule has 0 heterocycles. The van der Waals surface area contributed by atoms with Crippen LogP contribution in [0.4, 0.5) is 0 Å². The molecule has 1 atom stereocenters. The van der Waals surface area contributed by atoms with Gasteiger partial charge in [-0.3, -0.25) is 0 Å². The zero-order valence-corrected chi connectivity index (χ0v) is 9.38. The van der Waals surface area contributed by atoms with Gasteiger partial charge in [0.1, 0.15) is 0 Å². The number of halogens is 2. The molecule has 70 valence electrons. The standard InChI is InChI=1S/C9H9BrClNO/c1-6(10)7-2-4-8(5-3-7)9(11)12-13/h2-6,13H,1H3. The second kappa shape index (κ2) is 4.63. The van der Waals surface area contributed by atoms with Gasteiger partial charge in [0.15, 0.2) is 5.17 Å². The first kappa shape index (κ1) is 10.5. The van der Waals surface area contributed by atoms with Crippen molar-refractivity contribution in [3.63, 3.8) is 0 Å². The minimum atomic E-state index is 0.105. The van der Waals surface area contributed by atoms with Crippen molar-refractivity contribution in [1.82, 2.24) is 0 Å². The van der Waals surface area contributed by atoms with E-state index >= 15 is 0 Å². The highest BCUT2D eigenvalue weighted by atomic mass is 79.9. The molecule has 1 aromatic carbocycles. The second-order valence-corrected chi connectivity index (χ2v) is 4.36. The molecule has 1 N–H and O–H groups in total. The molecule has 0 aliphatic heterocycles. The van der Waals surface area contributed by atoms with Crippen molar-refractivity contribution >= 4 is 32.7 Å². The fourth-order valence-electron chi connectivity index (χ4n) is 0.944. The van der Waals surface area contributed by atoms with Gasteiger partial charge in [-0.25, -0.2) is 0 Å². The number of rotatable bonds is 2. The molecule has 13 heavy (non-hydrogen) atoms. The molecule has 0 spiro atoms. The van der Waals surface area contributed by atoms with Crippen molar-refractivity contribution in [1.29, 1.82) is 0 Å². The minimum absolute atomic E-state index is 0.105. The van der Waals surface area contributed by atoms with Gasteiger partial charge in [0, 0.05) is 10.4 Å². The molecule has 4 heteroatoms. The molecule has 2 nitrogen and oxygen atoms in total. The molecule has 0 fully saturated rings. The van der Waals surface area contributed by atoms with Crippen LogP contribution >= 0.6 is 27.5 Å². The SMILES string of the molecule is CC(Br)c1ccc(C(Cl)=NO)cc1. The number of nitrogens with zero attached hydrogens (tertiary/aromatic N) is 1. The van der Waals surface area contributed by atoms with Crippen LogP contribution in [-0.2, 0) is 0 Å². The summed E-state index contributed by atoms with van der Waals surface area (Å²) in [6, 6.07) is 7.49. The zero-order chi connectivity index (χ0) is 9.84. The Morgan fingerprint density at radius 3 is 2.38 bits per heavy atom. The molecule has 0 aromatic heterocycles. The summed E-state index contributed by atoms with van der Waals surface area (Å²) >= 11 is 9.06. The maximum absolute atomic E-state index is 8.41. The molecule has 0 aliphatic rings.